The highest BCUT2D eigenvalue weighted by molar-refractivity contribution is 6.06. The minimum atomic E-state index is -0.907. The number of carbonyl (C=O) groups is 2. The van der Waals surface area contributed by atoms with E-state index < -0.39 is 24.4 Å². The second-order valence-electron chi connectivity index (χ2n) is 7.95. The van der Waals surface area contributed by atoms with Gasteiger partial charge in [-0.2, -0.15) is 10.1 Å². The van der Waals surface area contributed by atoms with E-state index in [1.54, 1.807) is 25.6 Å². The Balaban J connectivity index is 1.74. The van der Waals surface area contributed by atoms with E-state index in [2.05, 4.69) is 10.3 Å². The first kappa shape index (κ1) is 24.8. The van der Waals surface area contributed by atoms with Crippen molar-refractivity contribution < 1.29 is 23.8 Å². The molecular weight excluding hydrogens is 462 g/mol. The van der Waals surface area contributed by atoms with Crippen LogP contribution < -0.4 is 14.8 Å². The largest absolute Gasteiger partial charge is 0.493 e. The Morgan fingerprint density at radius 2 is 2.00 bits per heavy atom. The van der Waals surface area contributed by atoms with Gasteiger partial charge in [0.15, 0.2) is 17.7 Å². The second-order valence-corrected chi connectivity index (χ2v) is 7.95. The zero-order valence-electron chi connectivity index (χ0n) is 20.5. The average molecular weight is 492 g/mol. The molecule has 2 aromatic rings. The molecule has 0 aliphatic carbocycles. The highest BCUT2D eigenvalue weighted by atomic mass is 16.6. The van der Waals surface area contributed by atoms with E-state index in [0.717, 1.165) is 5.56 Å². The molecule has 0 radical (unpaired) electrons. The number of aliphatic imine (C=N–C) groups is 1. The van der Waals surface area contributed by atoms with E-state index in [4.69, 9.17) is 19.3 Å². The van der Waals surface area contributed by atoms with Gasteiger partial charge in [-0.1, -0.05) is 37.3 Å². The predicted octanol–water partition coefficient (Wildman–Crippen LogP) is 4.29. The van der Waals surface area contributed by atoms with Crippen LogP contribution in [0.1, 0.15) is 37.6 Å². The van der Waals surface area contributed by atoms with Gasteiger partial charge in [0.2, 0.25) is 0 Å². The zero-order chi connectivity index (χ0) is 25.5. The second kappa shape index (κ2) is 11.4. The molecule has 10 nitrogen and oxygen atoms in total. The third kappa shape index (κ3) is 5.32. The van der Waals surface area contributed by atoms with Gasteiger partial charge in [0.25, 0.3) is 0 Å². The zero-order valence-corrected chi connectivity index (χ0v) is 20.5. The Morgan fingerprint density at radius 3 is 2.67 bits per heavy atom. The molecule has 2 aliphatic rings. The number of hydrogen-bond acceptors (Lipinski definition) is 7. The SMILES string of the molecule is CCOc1cc(C2=NN(C(NC(=O)N3C=CN=CC3)c3ccccc3)C(=O)OC2CC)ccc1OC. The molecule has 2 aromatic carbocycles. The summed E-state index contributed by atoms with van der Waals surface area (Å²) in [7, 11) is 1.57. The van der Waals surface area contributed by atoms with E-state index in [9.17, 15) is 9.59 Å². The number of hydrogen-bond donors (Lipinski definition) is 1. The van der Waals surface area contributed by atoms with E-state index in [0.29, 0.717) is 42.3 Å². The van der Waals surface area contributed by atoms with E-state index in [1.807, 2.05) is 56.3 Å². The van der Waals surface area contributed by atoms with E-state index in [-0.39, 0.29) is 0 Å². The first-order chi connectivity index (χ1) is 17.5. The van der Waals surface area contributed by atoms with Gasteiger partial charge in [0.1, 0.15) is 11.8 Å². The van der Waals surface area contributed by atoms with Crippen molar-refractivity contribution in [1.82, 2.24) is 15.2 Å². The molecule has 36 heavy (non-hydrogen) atoms. The minimum Gasteiger partial charge on any atom is -0.493 e. The molecule has 2 atom stereocenters. The Labute approximate surface area is 209 Å². The van der Waals surface area contributed by atoms with Gasteiger partial charge in [0, 0.05) is 24.2 Å². The van der Waals surface area contributed by atoms with Gasteiger partial charge < -0.3 is 19.5 Å². The summed E-state index contributed by atoms with van der Waals surface area (Å²) in [5.74, 6) is 1.15. The van der Waals surface area contributed by atoms with Gasteiger partial charge in [-0.25, -0.2) is 9.59 Å². The normalized spacial score (nSPS) is 17.8. The molecule has 4 rings (SSSR count). The molecule has 2 heterocycles. The summed E-state index contributed by atoms with van der Waals surface area (Å²) in [6, 6.07) is 14.2. The van der Waals surface area contributed by atoms with Crippen molar-refractivity contribution in [2.24, 2.45) is 10.1 Å². The molecule has 3 amide bonds. The smallest absolute Gasteiger partial charge is 0.433 e. The van der Waals surface area contributed by atoms with E-state index >= 15 is 0 Å². The van der Waals surface area contributed by atoms with Crippen LogP contribution in [-0.4, -0.2) is 60.3 Å². The van der Waals surface area contributed by atoms with Gasteiger partial charge >= 0.3 is 12.1 Å². The maximum absolute atomic E-state index is 13.1. The van der Waals surface area contributed by atoms with Gasteiger partial charge in [-0.05, 0) is 37.1 Å². The molecule has 1 N–H and O–H groups in total. The van der Waals surface area contributed by atoms with Crippen molar-refractivity contribution in [2.45, 2.75) is 32.5 Å². The molecule has 0 saturated heterocycles. The summed E-state index contributed by atoms with van der Waals surface area (Å²) in [6.45, 7) is 4.57. The Hall–Kier alpha value is -4.34. The predicted molar refractivity (Wildman–Crippen MR) is 135 cm³/mol. The molecule has 0 fully saturated rings. The van der Waals surface area contributed by atoms with Crippen LogP contribution in [0.4, 0.5) is 9.59 Å². The first-order valence-corrected chi connectivity index (χ1v) is 11.8. The lowest BCUT2D eigenvalue weighted by Gasteiger charge is -2.35. The van der Waals surface area contributed by atoms with Crippen molar-refractivity contribution in [2.75, 3.05) is 20.3 Å². The van der Waals surface area contributed by atoms with Crippen molar-refractivity contribution in [3.05, 3.63) is 72.1 Å². The molecule has 0 aromatic heterocycles. The van der Waals surface area contributed by atoms with Crippen LogP contribution in [-0.2, 0) is 4.74 Å². The van der Waals surface area contributed by atoms with Crippen LogP contribution in [0.3, 0.4) is 0 Å². The number of cyclic esters (lactones) is 1. The van der Waals surface area contributed by atoms with E-state index in [1.165, 1.54) is 16.1 Å². The van der Waals surface area contributed by atoms with Crippen molar-refractivity contribution >= 4 is 24.1 Å². The molecule has 0 bridgehead atoms. The number of carbonyl (C=O) groups excluding carboxylic acids is 2. The third-order valence-corrected chi connectivity index (χ3v) is 5.68. The lowest BCUT2D eigenvalue weighted by molar-refractivity contribution is 0.0530. The first-order valence-electron chi connectivity index (χ1n) is 11.8. The molecule has 2 unspecified atom stereocenters. The number of hydrazone groups is 1. The van der Waals surface area contributed by atoms with Crippen molar-refractivity contribution in [3.8, 4) is 11.5 Å². The van der Waals surface area contributed by atoms with Crippen LogP contribution in [0.5, 0.6) is 11.5 Å². The Kier molecular flexibility index (Phi) is 7.84. The highest BCUT2D eigenvalue weighted by Gasteiger charge is 2.37. The summed E-state index contributed by atoms with van der Waals surface area (Å²) < 4.78 is 16.9. The molecular formula is C26H29N5O5. The quantitative estimate of drug-likeness (QED) is 0.593. The number of rotatable bonds is 8. The number of nitrogens with zero attached hydrogens (tertiary/aromatic N) is 4. The highest BCUT2D eigenvalue weighted by Crippen LogP contribution is 2.31. The molecule has 2 aliphatic heterocycles. The van der Waals surface area contributed by atoms with Crippen molar-refractivity contribution in [3.63, 3.8) is 0 Å². The molecule has 0 saturated carbocycles. The fraction of sp³-hybridized carbons (Fsp3) is 0.308. The summed E-state index contributed by atoms with van der Waals surface area (Å²) in [5, 5.41) is 8.79. The number of benzene rings is 2. The number of methoxy groups -OCH3 is 1. The van der Waals surface area contributed by atoms with Crippen LogP contribution >= 0.6 is 0 Å². The fourth-order valence-corrected chi connectivity index (χ4v) is 3.89. The minimum absolute atomic E-state index is 0.312. The van der Waals surface area contributed by atoms with Gasteiger partial charge in [-0.15, -0.1) is 0 Å². The number of nitrogens with one attached hydrogen (secondary N) is 1. The van der Waals surface area contributed by atoms with Crippen LogP contribution in [0.25, 0.3) is 0 Å². The Morgan fingerprint density at radius 1 is 1.19 bits per heavy atom. The standard InChI is InChI=1S/C26H29N5O5/c1-4-20-23(19-11-12-21(34-3)22(17-19)35-5-2)29-31(26(33)36-20)24(18-9-7-6-8-10-18)28-25(32)30-15-13-27-14-16-30/h6-15,17,20,24H,4-5,16H2,1-3H3,(H,28,32). The number of ether oxygens (including phenoxy) is 3. The monoisotopic (exact) mass is 491 g/mol. The van der Waals surface area contributed by atoms with Gasteiger partial charge in [-0.3, -0.25) is 9.89 Å². The van der Waals surface area contributed by atoms with Crippen molar-refractivity contribution in [1.29, 1.82) is 0 Å². The molecule has 188 valence electrons. The fourth-order valence-electron chi connectivity index (χ4n) is 3.89. The summed E-state index contributed by atoms with van der Waals surface area (Å²) in [4.78, 5) is 31.6. The summed E-state index contributed by atoms with van der Waals surface area (Å²) in [6.07, 6.45) is 3.11. The lowest BCUT2D eigenvalue weighted by Crippen LogP contribution is -2.50. The number of urea groups is 1. The van der Waals surface area contributed by atoms with Crippen LogP contribution in [0.2, 0.25) is 0 Å². The lowest BCUT2D eigenvalue weighted by atomic mass is 10.0. The maximum atomic E-state index is 13.1. The summed E-state index contributed by atoms with van der Waals surface area (Å²) >= 11 is 0. The van der Waals surface area contributed by atoms with Crippen LogP contribution in [0.15, 0.2) is 71.0 Å². The Bertz CT molecular complexity index is 1180. The molecule has 10 heteroatoms. The van der Waals surface area contributed by atoms with Crippen LogP contribution in [0, 0.1) is 0 Å². The summed E-state index contributed by atoms with van der Waals surface area (Å²) in [5.41, 5.74) is 1.93. The topological polar surface area (TPSA) is 105 Å². The number of amides is 3. The molecule has 0 spiro atoms. The average Bonchev–Trinajstić information content (AvgIpc) is 2.92. The maximum Gasteiger partial charge on any atom is 0.433 e. The third-order valence-electron chi connectivity index (χ3n) is 5.68. The van der Waals surface area contributed by atoms with Gasteiger partial charge in [0.05, 0.1) is 20.3 Å².